The minimum Gasteiger partial charge on any atom is -0.310 e. The standard InChI is InChI=1S/C15H24BrN/c1-5-17-15(7-6-11(2)3)13-8-12(4)9-14(16)10-13/h8-11,15,17H,5-7H2,1-4H3. The lowest BCUT2D eigenvalue weighted by Gasteiger charge is -2.20. The minimum atomic E-state index is 0.485. The number of hydrogen-bond acceptors (Lipinski definition) is 1. The lowest BCUT2D eigenvalue weighted by molar-refractivity contribution is 0.448. The van der Waals surface area contributed by atoms with Gasteiger partial charge in [0.05, 0.1) is 0 Å². The molecule has 1 aromatic carbocycles. The van der Waals surface area contributed by atoms with E-state index in [1.54, 1.807) is 0 Å². The number of rotatable bonds is 6. The molecule has 96 valence electrons. The van der Waals surface area contributed by atoms with Crippen LogP contribution in [0.15, 0.2) is 22.7 Å². The molecule has 1 rings (SSSR count). The molecule has 1 nitrogen and oxygen atoms in total. The topological polar surface area (TPSA) is 12.0 Å². The lowest BCUT2D eigenvalue weighted by Crippen LogP contribution is -2.21. The van der Waals surface area contributed by atoms with Crippen LogP contribution in [0.2, 0.25) is 0 Å². The summed E-state index contributed by atoms with van der Waals surface area (Å²) in [6.07, 6.45) is 2.48. The molecule has 0 aliphatic carbocycles. The molecule has 0 heterocycles. The fraction of sp³-hybridized carbons (Fsp3) is 0.600. The largest absolute Gasteiger partial charge is 0.310 e. The maximum Gasteiger partial charge on any atom is 0.0320 e. The van der Waals surface area contributed by atoms with E-state index in [9.17, 15) is 0 Å². The average molecular weight is 298 g/mol. The van der Waals surface area contributed by atoms with Gasteiger partial charge in [0.25, 0.3) is 0 Å². The van der Waals surface area contributed by atoms with Crippen molar-refractivity contribution in [1.82, 2.24) is 5.32 Å². The Bertz CT molecular complexity index is 327. The summed E-state index contributed by atoms with van der Waals surface area (Å²) in [5.74, 6) is 0.768. The third-order valence-electron chi connectivity index (χ3n) is 2.95. The van der Waals surface area contributed by atoms with E-state index < -0.39 is 0 Å². The molecule has 0 amide bonds. The number of benzene rings is 1. The van der Waals surface area contributed by atoms with Crippen molar-refractivity contribution in [2.75, 3.05) is 6.54 Å². The van der Waals surface area contributed by atoms with Crippen LogP contribution in [0.5, 0.6) is 0 Å². The predicted molar refractivity (Wildman–Crippen MR) is 79.4 cm³/mol. The Labute approximate surface area is 114 Å². The molecular formula is C15H24BrN. The van der Waals surface area contributed by atoms with E-state index in [1.165, 1.54) is 28.4 Å². The van der Waals surface area contributed by atoms with E-state index in [4.69, 9.17) is 0 Å². The van der Waals surface area contributed by atoms with Crippen molar-refractivity contribution < 1.29 is 0 Å². The van der Waals surface area contributed by atoms with E-state index in [-0.39, 0.29) is 0 Å². The number of nitrogens with one attached hydrogen (secondary N) is 1. The first-order valence-corrected chi connectivity index (χ1v) is 7.32. The molecule has 0 spiro atoms. The average Bonchev–Trinajstić information content (AvgIpc) is 2.22. The second kappa shape index (κ2) is 7.17. The maximum absolute atomic E-state index is 3.59. The van der Waals surface area contributed by atoms with Gasteiger partial charge >= 0.3 is 0 Å². The van der Waals surface area contributed by atoms with Crippen LogP contribution in [0.4, 0.5) is 0 Å². The zero-order valence-corrected chi connectivity index (χ0v) is 13.0. The van der Waals surface area contributed by atoms with Crippen LogP contribution in [-0.4, -0.2) is 6.54 Å². The fourth-order valence-corrected chi connectivity index (χ4v) is 2.72. The van der Waals surface area contributed by atoms with Gasteiger partial charge in [-0.25, -0.2) is 0 Å². The maximum atomic E-state index is 3.59. The highest BCUT2D eigenvalue weighted by Gasteiger charge is 2.11. The van der Waals surface area contributed by atoms with Crippen molar-refractivity contribution in [3.05, 3.63) is 33.8 Å². The first kappa shape index (κ1) is 14.7. The normalized spacial score (nSPS) is 13.1. The molecule has 0 bridgehead atoms. The molecular weight excluding hydrogens is 274 g/mol. The lowest BCUT2D eigenvalue weighted by atomic mass is 9.96. The number of halogens is 1. The summed E-state index contributed by atoms with van der Waals surface area (Å²) >= 11 is 3.58. The van der Waals surface area contributed by atoms with Crippen LogP contribution in [0.25, 0.3) is 0 Å². The summed E-state index contributed by atoms with van der Waals surface area (Å²) in [5, 5.41) is 3.59. The highest BCUT2D eigenvalue weighted by Crippen LogP contribution is 2.25. The Morgan fingerprint density at radius 1 is 1.18 bits per heavy atom. The molecule has 1 atom stereocenters. The Morgan fingerprint density at radius 3 is 2.41 bits per heavy atom. The highest BCUT2D eigenvalue weighted by atomic mass is 79.9. The van der Waals surface area contributed by atoms with Crippen molar-refractivity contribution in [2.45, 2.75) is 46.6 Å². The van der Waals surface area contributed by atoms with Crippen molar-refractivity contribution in [3.63, 3.8) is 0 Å². The van der Waals surface area contributed by atoms with Crippen molar-refractivity contribution >= 4 is 15.9 Å². The Kier molecular flexibility index (Phi) is 6.21. The van der Waals surface area contributed by atoms with E-state index in [2.05, 4.69) is 67.1 Å². The van der Waals surface area contributed by atoms with Crippen molar-refractivity contribution in [1.29, 1.82) is 0 Å². The molecule has 17 heavy (non-hydrogen) atoms. The molecule has 0 aliphatic rings. The van der Waals surface area contributed by atoms with Crippen LogP contribution >= 0.6 is 15.9 Å². The Hall–Kier alpha value is -0.340. The van der Waals surface area contributed by atoms with Crippen LogP contribution in [0.1, 0.15) is 50.8 Å². The first-order chi connectivity index (χ1) is 8.02. The van der Waals surface area contributed by atoms with E-state index in [1.807, 2.05) is 0 Å². The van der Waals surface area contributed by atoms with E-state index in [0.29, 0.717) is 6.04 Å². The molecule has 0 aromatic heterocycles. The van der Waals surface area contributed by atoms with Gasteiger partial charge in [-0.15, -0.1) is 0 Å². The molecule has 0 fully saturated rings. The molecule has 0 aliphatic heterocycles. The molecule has 0 saturated heterocycles. The summed E-state index contributed by atoms with van der Waals surface area (Å²) in [7, 11) is 0. The molecule has 1 N–H and O–H groups in total. The fourth-order valence-electron chi connectivity index (χ4n) is 2.10. The van der Waals surface area contributed by atoms with Crippen LogP contribution in [-0.2, 0) is 0 Å². The summed E-state index contributed by atoms with van der Waals surface area (Å²) in [6, 6.07) is 7.17. The number of hydrogen-bond donors (Lipinski definition) is 1. The predicted octanol–water partition coefficient (Wildman–Crippen LogP) is 4.84. The SMILES string of the molecule is CCNC(CCC(C)C)c1cc(C)cc(Br)c1. The van der Waals surface area contributed by atoms with Crippen molar-refractivity contribution in [3.8, 4) is 0 Å². The summed E-state index contributed by atoms with van der Waals surface area (Å²) in [5.41, 5.74) is 2.72. The zero-order chi connectivity index (χ0) is 12.8. The van der Waals surface area contributed by atoms with Gasteiger partial charge in [-0.05, 0) is 55.5 Å². The smallest absolute Gasteiger partial charge is 0.0320 e. The molecule has 0 saturated carbocycles. The van der Waals surface area contributed by atoms with Gasteiger partial charge in [0.2, 0.25) is 0 Å². The van der Waals surface area contributed by atoms with E-state index in [0.717, 1.165) is 12.5 Å². The quantitative estimate of drug-likeness (QED) is 0.792. The molecule has 1 aromatic rings. The second-order valence-corrected chi connectivity index (χ2v) is 6.06. The van der Waals surface area contributed by atoms with Gasteiger partial charge in [0.15, 0.2) is 0 Å². The van der Waals surface area contributed by atoms with Crippen LogP contribution in [0.3, 0.4) is 0 Å². The summed E-state index contributed by atoms with van der Waals surface area (Å²) in [4.78, 5) is 0. The monoisotopic (exact) mass is 297 g/mol. The minimum absolute atomic E-state index is 0.485. The molecule has 0 radical (unpaired) electrons. The van der Waals surface area contributed by atoms with Gasteiger partial charge in [-0.1, -0.05) is 42.8 Å². The molecule has 2 heteroatoms. The third-order valence-corrected chi connectivity index (χ3v) is 3.41. The van der Waals surface area contributed by atoms with Crippen LogP contribution in [0, 0.1) is 12.8 Å². The highest BCUT2D eigenvalue weighted by molar-refractivity contribution is 9.10. The van der Waals surface area contributed by atoms with Crippen LogP contribution < -0.4 is 5.32 Å². The van der Waals surface area contributed by atoms with Gasteiger partial charge in [-0.2, -0.15) is 0 Å². The van der Waals surface area contributed by atoms with E-state index >= 15 is 0 Å². The zero-order valence-electron chi connectivity index (χ0n) is 11.4. The van der Waals surface area contributed by atoms with Gasteiger partial charge in [-0.3, -0.25) is 0 Å². The molecule has 1 unspecified atom stereocenters. The van der Waals surface area contributed by atoms with Gasteiger partial charge in [0, 0.05) is 10.5 Å². The first-order valence-electron chi connectivity index (χ1n) is 6.53. The Morgan fingerprint density at radius 2 is 1.88 bits per heavy atom. The Balaban J connectivity index is 2.80. The van der Waals surface area contributed by atoms with Gasteiger partial charge < -0.3 is 5.32 Å². The summed E-state index contributed by atoms with van der Waals surface area (Å²) in [6.45, 7) is 9.92. The second-order valence-electron chi connectivity index (χ2n) is 5.14. The third kappa shape index (κ3) is 5.22. The van der Waals surface area contributed by atoms with Crippen molar-refractivity contribution in [2.24, 2.45) is 5.92 Å². The van der Waals surface area contributed by atoms with Gasteiger partial charge in [0.1, 0.15) is 0 Å². The summed E-state index contributed by atoms with van der Waals surface area (Å²) < 4.78 is 1.18. The number of aryl methyl sites for hydroxylation is 1.